The number of nitrogens with one attached hydrogen (secondary N) is 1. The highest BCUT2D eigenvalue weighted by molar-refractivity contribution is 5.79. The van der Waals surface area contributed by atoms with Crippen molar-refractivity contribution < 1.29 is 9.53 Å². The van der Waals surface area contributed by atoms with Gasteiger partial charge in [0.05, 0.1) is 0 Å². The lowest BCUT2D eigenvalue weighted by Gasteiger charge is -2.23. The highest BCUT2D eigenvalue weighted by atomic mass is 16.5. The Morgan fingerprint density at radius 1 is 1.11 bits per heavy atom. The van der Waals surface area contributed by atoms with E-state index in [-0.39, 0.29) is 12.5 Å². The van der Waals surface area contributed by atoms with Crippen molar-refractivity contribution in [2.75, 3.05) is 34.8 Å². The van der Waals surface area contributed by atoms with Gasteiger partial charge in [0.15, 0.2) is 12.6 Å². The minimum atomic E-state index is -0.0678. The summed E-state index contributed by atoms with van der Waals surface area (Å²) in [5.74, 6) is 1.43. The first-order valence-electron chi connectivity index (χ1n) is 9.29. The monoisotopic (exact) mass is 382 g/mol. The maximum Gasteiger partial charge on any atom is 0.259 e. The number of benzene rings is 2. The second-order valence-electron chi connectivity index (χ2n) is 6.91. The molecule has 0 saturated heterocycles. The largest absolute Gasteiger partial charge is 0.484 e. The van der Waals surface area contributed by atoms with Gasteiger partial charge in [-0.15, -0.1) is 0 Å². The molecule has 0 saturated carbocycles. The lowest BCUT2D eigenvalue weighted by atomic mass is 10.1. The first-order valence-corrected chi connectivity index (χ1v) is 9.29. The number of hydrogen-bond acceptors (Lipinski definition) is 3. The summed E-state index contributed by atoms with van der Waals surface area (Å²) in [5, 5.41) is 3.38. The number of nitrogens with zero attached hydrogens (tertiary/aromatic N) is 3. The van der Waals surface area contributed by atoms with Gasteiger partial charge in [0.2, 0.25) is 0 Å². The molecule has 0 aliphatic rings. The fourth-order valence-corrected chi connectivity index (χ4v) is 2.70. The molecule has 150 valence electrons. The topological polar surface area (TPSA) is 57.2 Å². The van der Waals surface area contributed by atoms with Crippen molar-refractivity contribution >= 4 is 11.9 Å². The predicted octanol–water partition coefficient (Wildman–Crippen LogP) is 2.67. The number of rotatable bonds is 7. The van der Waals surface area contributed by atoms with Crippen molar-refractivity contribution in [1.29, 1.82) is 0 Å². The number of likely N-dealkylation sites (N-methyl/N-ethyl adjacent to an activating group) is 1. The molecule has 1 amide bonds. The second kappa shape index (κ2) is 10.3. The third kappa shape index (κ3) is 6.30. The number of guanidine groups is 1. The quantitative estimate of drug-likeness (QED) is 0.591. The number of amides is 1. The summed E-state index contributed by atoms with van der Waals surface area (Å²) in [4.78, 5) is 19.7. The molecule has 0 unspecified atom stereocenters. The van der Waals surface area contributed by atoms with E-state index in [1.807, 2.05) is 37.4 Å². The maximum atomic E-state index is 11.7. The van der Waals surface area contributed by atoms with Gasteiger partial charge >= 0.3 is 0 Å². The standard InChI is InChI=1S/C22H30N4O2/c1-17-9-6-7-11-19(17)15-26(5)22(23-2)24-14-18-10-8-12-20(13-18)28-16-21(27)25(3)4/h6-13H,14-16H2,1-5H3,(H,23,24). The molecule has 2 aromatic carbocycles. The van der Waals surface area contributed by atoms with E-state index >= 15 is 0 Å². The summed E-state index contributed by atoms with van der Waals surface area (Å²) in [5.41, 5.74) is 3.59. The molecular weight excluding hydrogens is 352 g/mol. The second-order valence-corrected chi connectivity index (χ2v) is 6.91. The number of aliphatic imine (C=N–C) groups is 1. The molecule has 2 aromatic rings. The van der Waals surface area contributed by atoms with Crippen molar-refractivity contribution in [3.63, 3.8) is 0 Å². The molecule has 6 heteroatoms. The van der Waals surface area contributed by atoms with Crippen LogP contribution in [0.3, 0.4) is 0 Å². The van der Waals surface area contributed by atoms with Crippen molar-refractivity contribution in [1.82, 2.24) is 15.1 Å². The minimum absolute atomic E-state index is 0.0325. The molecule has 0 bridgehead atoms. The zero-order chi connectivity index (χ0) is 20.5. The van der Waals surface area contributed by atoms with Gasteiger partial charge in [0, 0.05) is 41.3 Å². The van der Waals surface area contributed by atoms with Crippen LogP contribution in [0.5, 0.6) is 5.75 Å². The van der Waals surface area contributed by atoms with Gasteiger partial charge in [0.25, 0.3) is 5.91 Å². The Balaban J connectivity index is 1.93. The van der Waals surface area contributed by atoms with Crippen LogP contribution in [0.2, 0.25) is 0 Å². The fourth-order valence-electron chi connectivity index (χ4n) is 2.70. The first-order chi connectivity index (χ1) is 13.4. The van der Waals surface area contributed by atoms with E-state index < -0.39 is 0 Å². The summed E-state index contributed by atoms with van der Waals surface area (Å²) < 4.78 is 5.58. The summed E-state index contributed by atoms with van der Waals surface area (Å²) >= 11 is 0. The van der Waals surface area contributed by atoms with E-state index in [0.717, 1.165) is 18.1 Å². The molecule has 1 N–H and O–H groups in total. The normalized spacial score (nSPS) is 11.1. The van der Waals surface area contributed by atoms with Gasteiger partial charge in [0.1, 0.15) is 5.75 Å². The Kier molecular flexibility index (Phi) is 7.87. The van der Waals surface area contributed by atoms with Crippen molar-refractivity contribution in [2.45, 2.75) is 20.0 Å². The summed E-state index contributed by atoms with van der Waals surface area (Å²) in [6, 6.07) is 16.1. The highest BCUT2D eigenvalue weighted by Crippen LogP contribution is 2.14. The van der Waals surface area contributed by atoms with Crippen LogP contribution in [0.15, 0.2) is 53.5 Å². The van der Waals surface area contributed by atoms with Gasteiger partial charge in [-0.2, -0.15) is 0 Å². The van der Waals surface area contributed by atoms with Gasteiger partial charge in [-0.1, -0.05) is 36.4 Å². The van der Waals surface area contributed by atoms with E-state index in [4.69, 9.17) is 4.74 Å². The lowest BCUT2D eigenvalue weighted by Crippen LogP contribution is -2.38. The minimum Gasteiger partial charge on any atom is -0.484 e. The molecule has 0 aliphatic heterocycles. The third-order valence-electron chi connectivity index (χ3n) is 4.45. The highest BCUT2D eigenvalue weighted by Gasteiger charge is 2.09. The van der Waals surface area contributed by atoms with Crippen LogP contribution in [0.4, 0.5) is 0 Å². The molecule has 0 aliphatic carbocycles. The predicted molar refractivity (Wildman–Crippen MR) is 113 cm³/mol. The molecule has 0 spiro atoms. The van der Waals surface area contributed by atoms with Crippen LogP contribution in [-0.4, -0.2) is 56.5 Å². The average Bonchev–Trinajstić information content (AvgIpc) is 2.68. The Labute approximate surface area is 167 Å². The van der Waals surface area contributed by atoms with E-state index in [2.05, 4.69) is 40.3 Å². The fraction of sp³-hybridized carbons (Fsp3) is 0.364. The van der Waals surface area contributed by atoms with Crippen LogP contribution in [0, 0.1) is 6.92 Å². The summed E-state index contributed by atoms with van der Waals surface area (Å²) in [6.07, 6.45) is 0. The van der Waals surface area contributed by atoms with E-state index in [1.54, 1.807) is 21.1 Å². The lowest BCUT2D eigenvalue weighted by molar-refractivity contribution is -0.130. The van der Waals surface area contributed by atoms with Crippen LogP contribution in [0.25, 0.3) is 0 Å². The molecule has 0 radical (unpaired) electrons. The molecule has 0 fully saturated rings. The number of hydrogen-bond donors (Lipinski definition) is 1. The Bertz CT molecular complexity index is 818. The summed E-state index contributed by atoms with van der Waals surface area (Å²) in [6.45, 7) is 3.54. The summed E-state index contributed by atoms with van der Waals surface area (Å²) in [7, 11) is 7.23. The molecule has 0 heterocycles. The molecule has 6 nitrogen and oxygen atoms in total. The SMILES string of the molecule is CN=C(NCc1cccc(OCC(=O)N(C)C)c1)N(C)Cc1ccccc1C. The van der Waals surface area contributed by atoms with Crippen molar-refractivity contribution in [3.05, 3.63) is 65.2 Å². The number of carbonyl (C=O) groups excluding carboxylic acids is 1. The molecule has 0 aromatic heterocycles. The van der Waals surface area contributed by atoms with Crippen LogP contribution in [0.1, 0.15) is 16.7 Å². The number of aryl methyl sites for hydroxylation is 1. The van der Waals surface area contributed by atoms with E-state index in [1.165, 1.54) is 16.0 Å². The Hall–Kier alpha value is -3.02. The van der Waals surface area contributed by atoms with Crippen molar-refractivity contribution in [3.8, 4) is 5.75 Å². The van der Waals surface area contributed by atoms with Crippen LogP contribution in [-0.2, 0) is 17.9 Å². The van der Waals surface area contributed by atoms with E-state index in [9.17, 15) is 4.79 Å². The van der Waals surface area contributed by atoms with Gasteiger partial charge in [-0.25, -0.2) is 0 Å². The first kappa shape index (κ1) is 21.3. The van der Waals surface area contributed by atoms with Gasteiger partial charge in [-0.3, -0.25) is 9.79 Å². The van der Waals surface area contributed by atoms with E-state index in [0.29, 0.717) is 12.3 Å². The zero-order valence-electron chi connectivity index (χ0n) is 17.4. The maximum absolute atomic E-state index is 11.7. The van der Waals surface area contributed by atoms with Gasteiger partial charge in [-0.05, 0) is 35.7 Å². The average molecular weight is 383 g/mol. The van der Waals surface area contributed by atoms with Crippen LogP contribution < -0.4 is 10.1 Å². The van der Waals surface area contributed by atoms with Gasteiger partial charge < -0.3 is 19.9 Å². The Morgan fingerprint density at radius 3 is 2.54 bits per heavy atom. The number of carbonyl (C=O) groups is 1. The molecule has 28 heavy (non-hydrogen) atoms. The Morgan fingerprint density at radius 2 is 1.86 bits per heavy atom. The van der Waals surface area contributed by atoms with Crippen molar-refractivity contribution in [2.24, 2.45) is 4.99 Å². The third-order valence-corrected chi connectivity index (χ3v) is 4.45. The molecular formula is C22H30N4O2. The zero-order valence-corrected chi connectivity index (χ0v) is 17.4. The van der Waals surface area contributed by atoms with Crippen LogP contribution >= 0.6 is 0 Å². The molecule has 2 rings (SSSR count). The number of ether oxygens (including phenoxy) is 1. The smallest absolute Gasteiger partial charge is 0.259 e. The molecule has 0 atom stereocenters.